The lowest BCUT2D eigenvalue weighted by Gasteiger charge is -2.35. The molecule has 1 fully saturated rings. The fourth-order valence-electron chi connectivity index (χ4n) is 4.71. The van der Waals surface area contributed by atoms with E-state index in [-0.39, 0.29) is 24.6 Å². The predicted molar refractivity (Wildman–Crippen MR) is 147 cm³/mol. The maximum absolute atomic E-state index is 13.7. The standard InChI is InChI=1S/C30H34N4O4/c1-3-23(20-31-29(37)33(24-15-9-5-10-16-24)25-17-11-6-12-18-25)34(27-19-26(27)28(35)36)30(38)32(2)21-22-13-7-4-8-14-22/h4-18,23,26-27H,3,19-21H2,1-2H3,(H,31,37)(H,35,36)/t23-,26-,27+/m1/s1. The van der Waals surface area contributed by atoms with Gasteiger partial charge in [0.2, 0.25) is 0 Å². The fraction of sp³-hybridized carbons (Fsp3) is 0.300. The molecule has 0 unspecified atom stereocenters. The molecule has 0 bridgehead atoms. The molecule has 4 amide bonds. The number of anilines is 2. The predicted octanol–water partition coefficient (Wildman–Crippen LogP) is 5.34. The normalized spacial score (nSPS) is 16.7. The number of rotatable bonds is 10. The number of benzene rings is 3. The van der Waals surface area contributed by atoms with Crippen LogP contribution in [-0.2, 0) is 11.3 Å². The minimum atomic E-state index is -0.906. The lowest BCUT2D eigenvalue weighted by atomic mass is 10.1. The van der Waals surface area contributed by atoms with Crippen LogP contribution in [0.4, 0.5) is 21.0 Å². The van der Waals surface area contributed by atoms with E-state index >= 15 is 0 Å². The van der Waals surface area contributed by atoms with E-state index in [0.29, 0.717) is 30.8 Å². The van der Waals surface area contributed by atoms with E-state index in [1.54, 1.807) is 21.7 Å². The summed E-state index contributed by atoms with van der Waals surface area (Å²) in [4.78, 5) is 43.7. The van der Waals surface area contributed by atoms with Gasteiger partial charge in [0.25, 0.3) is 0 Å². The van der Waals surface area contributed by atoms with E-state index < -0.39 is 17.9 Å². The highest BCUT2D eigenvalue weighted by Crippen LogP contribution is 2.38. The monoisotopic (exact) mass is 514 g/mol. The van der Waals surface area contributed by atoms with Crippen molar-refractivity contribution >= 4 is 29.4 Å². The number of nitrogens with one attached hydrogen (secondary N) is 1. The molecule has 1 aliphatic rings. The first-order chi connectivity index (χ1) is 18.4. The molecule has 2 N–H and O–H groups in total. The van der Waals surface area contributed by atoms with Gasteiger partial charge in [-0.05, 0) is 42.7 Å². The highest BCUT2D eigenvalue weighted by Gasteiger charge is 2.51. The second-order valence-electron chi connectivity index (χ2n) is 9.53. The summed E-state index contributed by atoms with van der Waals surface area (Å²) >= 11 is 0. The molecule has 0 aromatic heterocycles. The summed E-state index contributed by atoms with van der Waals surface area (Å²) in [5, 5.41) is 12.6. The molecule has 0 spiro atoms. The fourth-order valence-corrected chi connectivity index (χ4v) is 4.71. The molecule has 198 valence electrons. The second kappa shape index (κ2) is 12.3. The Morgan fingerprint density at radius 3 is 1.89 bits per heavy atom. The van der Waals surface area contributed by atoms with Crippen LogP contribution in [0.25, 0.3) is 0 Å². The van der Waals surface area contributed by atoms with Crippen LogP contribution in [0.3, 0.4) is 0 Å². The van der Waals surface area contributed by atoms with E-state index in [9.17, 15) is 19.5 Å². The number of nitrogens with zero attached hydrogens (tertiary/aromatic N) is 3. The number of urea groups is 2. The second-order valence-corrected chi connectivity index (χ2v) is 9.53. The smallest absolute Gasteiger partial charge is 0.326 e. The zero-order chi connectivity index (χ0) is 27.1. The summed E-state index contributed by atoms with van der Waals surface area (Å²) in [5.74, 6) is -1.50. The maximum Gasteiger partial charge on any atom is 0.326 e. The van der Waals surface area contributed by atoms with Gasteiger partial charge in [-0.3, -0.25) is 9.69 Å². The number of aliphatic carboxylic acids is 1. The third kappa shape index (κ3) is 6.32. The Bertz CT molecular complexity index is 1180. The van der Waals surface area contributed by atoms with Gasteiger partial charge in [-0.15, -0.1) is 0 Å². The van der Waals surface area contributed by atoms with Crippen molar-refractivity contribution in [1.82, 2.24) is 15.1 Å². The number of amides is 4. The molecular weight excluding hydrogens is 480 g/mol. The quantitative estimate of drug-likeness (QED) is 0.382. The first-order valence-corrected chi connectivity index (χ1v) is 12.9. The van der Waals surface area contributed by atoms with Crippen molar-refractivity contribution in [2.75, 3.05) is 18.5 Å². The van der Waals surface area contributed by atoms with E-state index in [4.69, 9.17) is 0 Å². The molecule has 38 heavy (non-hydrogen) atoms. The SMILES string of the molecule is CC[C@H](CNC(=O)N(c1ccccc1)c1ccccc1)N(C(=O)N(C)Cc1ccccc1)[C@H]1C[C@H]1C(=O)O. The molecule has 3 aromatic rings. The van der Waals surface area contributed by atoms with Crippen molar-refractivity contribution in [2.24, 2.45) is 5.92 Å². The number of hydrogen-bond donors (Lipinski definition) is 2. The first-order valence-electron chi connectivity index (χ1n) is 12.9. The van der Waals surface area contributed by atoms with Crippen molar-refractivity contribution in [2.45, 2.75) is 38.4 Å². The highest BCUT2D eigenvalue weighted by molar-refractivity contribution is 5.99. The van der Waals surface area contributed by atoms with Crippen LogP contribution in [0.2, 0.25) is 0 Å². The average Bonchev–Trinajstić information content (AvgIpc) is 3.73. The minimum absolute atomic E-state index is 0.194. The zero-order valence-corrected chi connectivity index (χ0v) is 21.7. The largest absolute Gasteiger partial charge is 0.481 e. The van der Waals surface area contributed by atoms with E-state index in [1.165, 1.54) is 0 Å². The zero-order valence-electron chi connectivity index (χ0n) is 21.7. The summed E-state index contributed by atoms with van der Waals surface area (Å²) in [6, 6.07) is 27.0. The van der Waals surface area contributed by atoms with Gasteiger partial charge in [0.1, 0.15) is 0 Å². The van der Waals surface area contributed by atoms with Crippen LogP contribution < -0.4 is 10.2 Å². The van der Waals surface area contributed by atoms with Gasteiger partial charge in [-0.2, -0.15) is 0 Å². The topological polar surface area (TPSA) is 93.2 Å². The van der Waals surface area contributed by atoms with Crippen molar-refractivity contribution in [3.63, 3.8) is 0 Å². The molecule has 0 heterocycles. The number of carbonyl (C=O) groups excluding carboxylic acids is 2. The van der Waals surface area contributed by atoms with Crippen LogP contribution in [0.5, 0.6) is 0 Å². The molecule has 0 radical (unpaired) electrons. The number of carboxylic acids is 1. The Labute approximate surface area is 223 Å². The van der Waals surface area contributed by atoms with Crippen LogP contribution in [0.15, 0.2) is 91.0 Å². The number of hydrogen-bond acceptors (Lipinski definition) is 3. The Hall–Kier alpha value is -4.33. The van der Waals surface area contributed by atoms with Gasteiger partial charge in [0.15, 0.2) is 0 Å². The third-order valence-corrected chi connectivity index (χ3v) is 6.83. The van der Waals surface area contributed by atoms with Gasteiger partial charge < -0.3 is 20.2 Å². The van der Waals surface area contributed by atoms with Gasteiger partial charge in [-0.1, -0.05) is 73.7 Å². The molecule has 0 aliphatic heterocycles. The van der Waals surface area contributed by atoms with E-state index in [1.807, 2.05) is 97.9 Å². The van der Waals surface area contributed by atoms with Crippen LogP contribution in [-0.4, -0.2) is 58.6 Å². The molecule has 3 aromatic carbocycles. The molecule has 4 rings (SSSR count). The van der Waals surface area contributed by atoms with Crippen LogP contribution >= 0.6 is 0 Å². The van der Waals surface area contributed by atoms with Gasteiger partial charge >= 0.3 is 18.0 Å². The molecule has 0 saturated heterocycles. The molecule has 1 saturated carbocycles. The van der Waals surface area contributed by atoms with Crippen molar-refractivity contribution in [3.8, 4) is 0 Å². The summed E-state index contributed by atoms with van der Waals surface area (Å²) in [6.45, 7) is 2.54. The number of carboxylic acid groups (broad SMARTS) is 1. The van der Waals surface area contributed by atoms with Crippen LogP contribution in [0, 0.1) is 5.92 Å². The van der Waals surface area contributed by atoms with Gasteiger partial charge in [0, 0.05) is 26.2 Å². The summed E-state index contributed by atoms with van der Waals surface area (Å²) in [5.41, 5.74) is 2.41. The molecule has 1 aliphatic carbocycles. The van der Waals surface area contributed by atoms with E-state index in [0.717, 1.165) is 5.56 Å². The highest BCUT2D eigenvalue weighted by atomic mass is 16.4. The Balaban J connectivity index is 1.52. The number of carbonyl (C=O) groups is 3. The minimum Gasteiger partial charge on any atom is -0.481 e. The molecular formula is C30H34N4O4. The molecule has 8 heteroatoms. The average molecular weight is 515 g/mol. The Morgan fingerprint density at radius 1 is 0.895 bits per heavy atom. The lowest BCUT2D eigenvalue weighted by molar-refractivity contribution is -0.138. The summed E-state index contributed by atoms with van der Waals surface area (Å²) in [6.07, 6.45) is 0.968. The maximum atomic E-state index is 13.7. The Morgan fingerprint density at radius 2 is 1.42 bits per heavy atom. The summed E-state index contributed by atoms with van der Waals surface area (Å²) in [7, 11) is 1.72. The third-order valence-electron chi connectivity index (χ3n) is 6.83. The lowest BCUT2D eigenvalue weighted by Crippen LogP contribution is -2.53. The summed E-state index contributed by atoms with van der Waals surface area (Å²) < 4.78 is 0. The van der Waals surface area contributed by atoms with E-state index in [2.05, 4.69) is 5.32 Å². The van der Waals surface area contributed by atoms with Crippen LogP contribution in [0.1, 0.15) is 25.3 Å². The first kappa shape index (κ1) is 26.7. The molecule has 8 nitrogen and oxygen atoms in total. The van der Waals surface area contributed by atoms with Gasteiger partial charge in [0.05, 0.1) is 23.3 Å². The Kier molecular flexibility index (Phi) is 8.63. The van der Waals surface area contributed by atoms with Crippen molar-refractivity contribution in [3.05, 3.63) is 96.6 Å². The van der Waals surface area contributed by atoms with Crippen molar-refractivity contribution < 1.29 is 19.5 Å². The number of para-hydroxylation sites is 2. The van der Waals surface area contributed by atoms with Gasteiger partial charge in [-0.25, -0.2) is 9.59 Å². The molecule has 3 atom stereocenters. The van der Waals surface area contributed by atoms with Crippen molar-refractivity contribution in [1.29, 1.82) is 0 Å².